The molecule has 0 atom stereocenters. The van der Waals surface area contributed by atoms with Gasteiger partial charge in [-0.05, 0) is 70.8 Å². The van der Waals surface area contributed by atoms with Crippen LogP contribution in [0.15, 0.2) is 205 Å². The van der Waals surface area contributed by atoms with Crippen molar-refractivity contribution in [3.63, 3.8) is 0 Å². The zero-order valence-corrected chi connectivity index (χ0v) is 29.3. The number of furan rings is 1. The molecular formula is C50H33N3O. The van der Waals surface area contributed by atoms with Crippen molar-refractivity contribution in [2.75, 3.05) is 4.90 Å². The van der Waals surface area contributed by atoms with Gasteiger partial charge in [0.05, 0.1) is 22.3 Å². The highest BCUT2D eigenvalue weighted by atomic mass is 16.3. The molecular weight excluding hydrogens is 659 g/mol. The monoisotopic (exact) mass is 691 g/mol. The molecule has 0 N–H and O–H groups in total. The molecule has 2 aromatic heterocycles. The first-order valence-electron chi connectivity index (χ1n) is 18.2. The topological polar surface area (TPSA) is 42.2 Å². The Bertz CT molecular complexity index is 2820. The minimum Gasteiger partial charge on any atom is -0.455 e. The number of hydrogen-bond donors (Lipinski definition) is 0. The van der Waals surface area contributed by atoms with Crippen molar-refractivity contribution in [1.82, 2.24) is 9.97 Å². The first-order chi connectivity index (χ1) is 26.8. The van der Waals surface area contributed by atoms with Gasteiger partial charge < -0.3 is 9.32 Å². The van der Waals surface area contributed by atoms with E-state index in [2.05, 4.69) is 163 Å². The van der Waals surface area contributed by atoms with E-state index < -0.39 is 0 Å². The number of fused-ring (bicyclic) bond motifs is 4. The molecule has 0 amide bonds. The summed E-state index contributed by atoms with van der Waals surface area (Å²) in [5, 5.41) is 3.03. The molecule has 0 aliphatic rings. The van der Waals surface area contributed by atoms with Gasteiger partial charge in [0.25, 0.3) is 0 Å². The summed E-state index contributed by atoms with van der Waals surface area (Å²) >= 11 is 0. The lowest BCUT2D eigenvalue weighted by molar-refractivity contribution is 0.670. The first-order valence-corrected chi connectivity index (χ1v) is 18.2. The van der Waals surface area contributed by atoms with Gasteiger partial charge in [0, 0.05) is 33.3 Å². The van der Waals surface area contributed by atoms with Crippen LogP contribution >= 0.6 is 0 Å². The second-order valence-corrected chi connectivity index (χ2v) is 13.4. The van der Waals surface area contributed by atoms with Crippen molar-refractivity contribution in [3.8, 4) is 44.9 Å². The minimum atomic E-state index is 0.677. The number of hydrogen-bond acceptors (Lipinski definition) is 4. The SMILES string of the molecule is c1ccc(-c2ccc(N(c3ccc(-c4ccccc4)cc3)c3ccc(-c4nc(-c5ccccc5)nc5ccccc45)c4oc5ccccc5c34)cc2)cc1. The molecule has 0 spiro atoms. The molecule has 54 heavy (non-hydrogen) atoms. The van der Waals surface area contributed by atoms with Crippen molar-refractivity contribution >= 4 is 49.9 Å². The van der Waals surface area contributed by atoms with Gasteiger partial charge in [-0.2, -0.15) is 0 Å². The average Bonchev–Trinajstić information content (AvgIpc) is 3.65. The molecule has 0 bridgehead atoms. The highest BCUT2D eigenvalue weighted by Crippen LogP contribution is 2.47. The molecule has 0 unspecified atom stereocenters. The lowest BCUT2D eigenvalue weighted by Crippen LogP contribution is -2.10. The van der Waals surface area contributed by atoms with Crippen LogP contribution in [0.4, 0.5) is 17.1 Å². The van der Waals surface area contributed by atoms with E-state index in [0.717, 1.165) is 77.9 Å². The summed E-state index contributed by atoms with van der Waals surface area (Å²) in [6, 6.07) is 69.7. The van der Waals surface area contributed by atoms with Crippen molar-refractivity contribution in [1.29, 1.82) is 0 Å². The van der Waals surface area contributed by atoms with Crippen LogP contribution in [0.3, 0.4) is 0 Å². The van der Waals surface area contributed by atoms with E-state index >= 15 is 0 Å². The van der Waals surface area contributed by atoms with Crippen molar-refractivity contribution in [2.24, 2.45) is 0 Å². The Hall–Kier alpha value is -7.30. The summed E-state index contributed by atoms with van der Waals surface area (Å²) < 4.78 is 6.86. The number of benzene rings is 8. The predicted molar refractivity (Wildman–Crippen MR) is 223 cm³/mol. The summed E-state index contributed by atoms with van der Waals surface area (Å²) in [5.74, 6) is 0.677. The molecule has 0 saturated carbocycles. The van der Waals surface area contributed by atoms with Crippen molar-refractivity contribution in [2.45, 2.75) is 0 Å². The zero-order chi connectivity index (χ0) is 35.8. The lowest BCUT2D eigenvalue weighted by Gasteiger charge is -2.27. The predicted octanol–water partition coefficient (Wildman–Crippen LogP) is 13.7. The lowest BCUT2D eigenvalue weighted by atomic mass is 9.99. The molecule has 8 aromatic carbocycles. The Morgan fingerprint density at radius 2 is 0.889 bits per heavy atom. The van der Waals surface area contributed by atoms with E-state index in [1.54, 1.807) is 0 Å². The maximum atomic E-state index is 6.86. The summed E-state index contributed by atoms with van der Waals surface area (Å²) in [6.07, 6.45) is 0. The highest BCUT2D eigenvalue weighted by Gasteiger charge is 2.24. The van der Waals surface area contributed by atoms with Crippen molar-refractivity contribution < 1.29 is 4.42 Å². The molecule has 4 nitrogen and oxygen atoms in total. The quantitative estimate of drug-likeness (QED) is 0.167. The zero-order valence-electron chi connectivity index (χ0n) is 29.3. The molecule has 0 saturated heterocycles. The number of aromatic nitrogens is 2. The minimum absolute atomic E-state index is 0.677. The Morgan fingerprint density at radius 3 is 1.50 bits per heavy atom. The van der Waals surface area contributed by atoms with Gasteiger partial charge in [-0.1, -0.05) is 152 Å². The van der Waals surface area contributed by atoms with Crippen LogP contribution in [0.25, 0.3) is 77.7 Å². The summed E-state index contributed by atoms with van der Waals surface area (Å²) in [5.41, 5.74) is 13.0. The summed E-state index contributed by atoms with van der Waals surface area (Å²) in [7, 11) is 0. The Labute approximate surface area is 313 Å². The van der Waals surface area contributed by atoms with E-state index in [1.165, 1.54) is 11.1 Å². The maximum Gasteiger partial charge on any atom is 0.160 e. The van der Waals surface area contributed by atoms with Crippen LogP contribution in [0.2, 0.25) is 0 Å². The van der Waals surface area contributed by atoms with Gasteiger partial charge in [-0.3, -0.25) is 0 Å². The van der Waals surface area contributed by atoms with Crippen LogP contribution in [0.5, 0.6) is 0 Å². The fourth-order valence-electron chi connectivity index (χ4n) is 7.48. The maximum absolute atomic E-state index is 6.86. The second kappa shape index (κ2) is 13.4. The van der Waals surface area contributed by atoms with Crippen LogP contribution < -0.4 is 4.90 Å². The van der Waals surface area contributed by atoms with E-state index in [1.807, 2.05) is 42.5 Å². The Kier molecular flexibility index (Phi) is 7.77. The normalized spacial score (nSPS) is 11.3. The standard InChI is InChI=1S/C50H33N3O/c1-4-14-34(15-5-1)36-24-28-39(29-25-36)53(40-30-26-37(27-31-40)35-16-6-2-7-17-35)45-33-32-43(49-47(45)42-21-11-13-23-46(42)54-49)48-41-20-10-12-22-44(41)51-50(52-48)38-18-8-3-9-19-38/h1-33H. The van der Waals surface area contributed by atoms with Gasteiger partial charge in [-0.15, -0.1) is 0 Å². The molecule has 10 rings (SSSR count). The summed E-state index contributed by atoms with van der Waals surface area (Å²) in [6.45, 7) is 0. The van der Waals surface area contributed by atoms with E-state index in [0.29, 0.717) is 5.82 Å². The fourth-order valence-corrected chi connectivity index (χ4v) is 7.48. The Morgan fingerprint density at radius 1 is 0.389 bits per heavy atom. The van der Waals surface area contributed by atoms with Crippen LogP contribution in [-0.2, 0) is 0 Å². The second-order valence-electron chi connectivity index (χ2n) is 13.4. The van der Waals surface area contributed by atoms with Crippen LogP contribution in [-0.4, -0.2) is 9.97 Å². The third-order valence-corrected chi connectivity index (χ3v) is 10.1. The van der Waals surface area contributed by atoms with Gasteiger partial charge >= 0.3 is 0 Å². The molecule has 254 valence electrons. The van der Waals surface area contributed by atoms with Gasteiger partial charge in [-0.25, -0.2) is 9.97 Å². The third kappa shape index (κ3) is 5.58. The average molecular weight is 692 g/mol. The fraction of sp³-hybridized carbons (Fsp3) is 0. The molecule has 0 radical (unpaired) electrons. The smallest absolute Gasteiger partial charge is 0.160 e. The molecule has 4 heteroatoms. The number of anilines is 3. The van der Waals surface area contributed by atoms with Crippen LogP contribution in [0.1, 0.15) is 0 Å². The number of para-hydroxylation sites is 2. The van der Waals surface area contributed by atoms with Crippen molar-refractivity contribution in [3.05, 3.63) is 200 Å². The highest BCUT2D eigenvalue weighted by molar-refractivity contribution is 6.18. The molecule has 10 aromatic rings. The third-order valence-electron chi connectivity index (χ3n) is 10.1. The largest absolute Gasteiger partial charge is 0.455 e. The number of rotatable bonds is 7. The molecule has 2 heterocycles. The van der Waals surface area contributed by atoms with Gasteiger partial charge in [0.2, 0.25) is 0 Å². The number of nitrogens with zero attached hydrogens (tertiary/aromatic N) is 3. The molecule has 0 aliphatic carbocycles. The first kappa shape index (κ1) is 31.4. The van der Waals surface area contributed by atoms with Gasteiger partial charge in [0.15, 0.2) is 5.82 Å². The van der Waals surface area contributed by atoms with E-state index in [-0.39, 0.29) is 0 Å². The molecule has 0 aliphatic heterocycles. The Balaban J connectivity index is 1.21. The van der Waals surface area contributed by atoms with E-state index in [4.69, 9.17) is 14.4 Å². The molecule has 0 fully saturated rings. The van der Waals surface area contributed by atoms with E-state index in [9.17, 15) is 0 Å². The van der Waals surface area contributed by atoms with Gasteiger partial charge in [0.1, 0.15) is 11.2 Å². The summed E-state index contributed by atoms with van der Waals surface area (Å²) in [4.78, 5) is 12.6. The van der Waals surface area contributed by atoms with Crippen LogP contribution in [0, 0.1) is 0 Å².